The summed E-state index contributed by atoms with van der Waals surface area (Å²) in [7, 11) is 0. The lowest BCUT2D eigenvalue weighted by atomic mass is 10.1. The molecule has 0 spiro atoms. The lowest BCUT2D eigenvalue weighted by Crippen LogP contribution is -2.10. The highest BCUT2D eigenvalue weighted by molar-refractivity contribution is 9.10. The summed E-state index contributed by atoms with van der Waals surface area (Å²) in [4.78, 5) is 11.1. The average molecular weight is 291 g/mol. The van der Waals surface area contributed by atoms with Crippen LogP contribution < -0.4 is 0 Å². The maximum atomic E-state index is 12.8. The lowest BCUT2D eigenvalue weighted by Gasteiger charge is -2.12. The number of ether oxygens (including phenoxy) is 1. The summed E-state index contributed by atoms with van der Waals surface area (Å²) in [6.07, 6.45) is -1.13. The molecule has 0 heterocycles. The van der Waals surface area contributed by atoms with Crippen molar-refractivity contribution in [1.29, 1.82) is 0 Å². The Kier molecular flexibility index (Phi) is 4.89. The molecule has 0 aliphatic heterocycles. The van der Waals surface area contributed by atoms with Crippen molar-refractivity contribution in [2.45, 2.75) is 19.4 Å². The molecular formula is C11H12BrFO3. The Bertz CT molecular complexity index is 381. The van der Waals surface area contributed by atoms with Gasteiger partial charge in [0, 0.05) is 4.47 Å². The van der Waals surface area contributed by atoms with Crippen LogP contribution in [0.5, 0.6) is 0 Å². The molecule has 1 atom stereocenters. The Morgan fingerprint density at radius 1 is 1.62 bits per heavy atom. The number of rotatable bonds is 4. The molecule has 5 heteroatoms. The smallest absolute Gasteiger partial charge is 0.308 e. The van der Waals surface area contributed by atoms with Crippen molar-refractivity contribution in [2.75, 3.05) is 6.61 Å². The van der Waals surface area contributed by atoms with Gasteiger partial charge in [-0.25, -0.2) is 4.39 Å². The molecule has 88 valence electrons. The molecule has 1 unspecified atom stereocenters. The normalized spacial score (nSPS) is 12.2. The summed E-state index contributed by atoms with van der Waals surface area (Å²) in [5, 5.41) is 9.74. The fourth-order valence-electron chi connectivity index (χ4n) is 1.26. The van der Waals surface area contributed by atoms with Crippen molar-refractivity contribution in [3.8, 4) is 0 Å². The quantitative estimate of drug-likeness (QED) is 0.867. The van der Waals surface area contributed by atoms with Gasteiger partial charge in [0.15, 0.2) is 0 Å². The van der Waals surface area contributed by atoms with Gasteiger partial charge in [0.05, 0.1) is 19.1 Å². The van der Waals surface area contributed by atoms with Gasteiger partial charge in [-0.05, 0) is 24.6 Å². The van der Waals surface area contributed by atoms with Gasteiger partial charge < -0.3 is 9.84 Å². The number of esters is 1. The van der Waals surface area contributed by atoms with Gasteiger partial charge in [0.25, 0.3) is 0 Å². The second-order valence-corrected chi connectivity index (χ2v) is 4.05. The molecule has 0 bridgehead atoms. The van der Waals surface area contributed by atoms with Crippen LogP contribution in [0, 0.1) is 5.82 Å². The Hall–Kier alpha value is -0.940. The number of carbonyl (C=O) groups excluding carboxylic acids is 1. The largest absolute Gasteiger partial charge is 0.466 e. The van der Waals surface area contributed by atoms with Crippen molar-refractivity contribution in [2.24, 2.45) is 0 Å². The van der Waals surface area contributed by atoms with Crippen LogP contribution in [0.3, 0.4) is 0 Å². The molecule has 3 nitrogen and oxygen atoms in total. The van der Waals surface area contributed by atoms with Crippen LogP contribution in [0.4, 0.5) is 4.39 Å². The Labute approximate surface area is 101 Å². The highest BCUT2D eigenvalue weighted by atomic mass is 79.9. The minimum Gasteiger partial charge on any atom is -0.466 e. The Morgan fingerprint density at radius 3 is 2.88 bits per heavy atom. The summed E-state index contributed by atoms with van der Waals surface area (Å²) in [6.45, 7) is 1.97. The predicted molar refractivity (Wildman–Crippen MR) is 60.3 cm³/mol. The van der Waals surface area contributed by atoms with Crippen LogP contribution in [0.1, 0.15) is 25.0 Å². The first kappa shape index (κ1) is 13.1. The van der Waals surface area contributed by atoms with Crippen molar-refractivity contribution in [3.05, 3.63) is 34.1 Å². The number of benzene rings is 1. The first-order valence-electron chi connectivity index (χ1n) is 4.83. The number of carbonyl (C=O) groups is 1. The SMILES string of the molecule is CCOC(=O)CC(O)c1ccc(F)cc1Br. The third kappa shape index (κ3) is 3.57. The molecule has 0 fully saturated rings. The van der Waals surface area contributed by atoms with Gasteiger partial charge >= 0.3 is 5.97 Å². The van der Waals surface area contributed by atoms with Gasteiger partial charge in [-0.1, -0.05) is 22.0 Å². The second-order valence-electron chi connectivity index (χ2n) is 3.19. The molecule has 0 aliphatic carbocycles. The molecule has 1 rings (SSSR count). The van der Waals surface area contributed by atoms with Crippen LogP contribution in [-0.4, -0.2) is 17.7 Å². The fraction of sp³-hybridized carbons (Fsp3) is 0.364. The van der Waals surface area contributed by atoms with E-state index >= 15 is 0 Å². The highest BCUT2D eigenvalue weighted by Crippen LogP contribution is 2.26. The van der Waals surface area contributed by atoms with Crippen molar-refractivity contribution in [1.82, 2.24) is 0 Å². The molecule has 0 amide bonds. The first-order chi connectivity index (χ1) is 7.54. The van der Waals surface area contributed by atoms with E-state index in [0.29, 0.717) is 10.0 Å². The molecule has 1 N–H and O–H groups in total. The van der Waals surface area contributed by atoms with Gasteiger partial charge in [0.2, 0.25) is 0 Å². The zero-order valence-electron chi connectivity index (χ0n) is 8.74. The van der Waals surface area contributed by atoms with E-state index in [1.54, 1.807) is 6.92 Å². The maximum absolute atomic E-state index is 12.8. The molecule has 1 aromatic rings. The van der Waals surface area contributed by atoms with Crippen molar-refractivity contribution < 1.29 is 19.0 Å². The molecule has 1 aromatic carbocycles. The van der Waals surface area contributed by atoms with Crippen molar-refractivity contribution >= 4 is 21.9 Å². The first-order valence-corrected chi connectivity index (χ1v) is 5.62. The van der Waals surface area contributed by atoms with Gasteiger partial charge in [-0.15, -0.1) is 0 Å². The van der Waals surface area contributed by atoms with Gasteiger partial charge in [-0.2, -0.15) is 0 Å². The molecular weight excluding hydrogens is 279 g/mol. The topological polar surface area (TPSA) is 46.5 Å². The third-order valence-corrected chi connectivity index (χ3v) is 2.67. The Morgan fingerprint density at radius 2 is 2.31 bits per heavy atom. The highest BCUT2D eigenvalue weighted by Gasteiger charge is 2.16. The molecule has 0 aromatic heterocycles. The summed E-state index contributed by atoms with van der Waals surface area (Å²) in [5.74, 6) is -0.884. The van der Waals surface area contributed by atoms with Gasteiger partial charge in [0.1, 0.15) is 5.82 Å². The van der Waals surface area contributed by atoms with E-state index in [1.807, 2.05) is 0 Å². The lowest BCUT2D eigenvalue weighted by molar-refractivity contribution is -0.145. The van der Waals surface area contributed by atoms with Crippen LogP contribution in [-0.2, 0) is 9.53 Å². The van der Waals surface area contributed by atoms with E-state index in [4.69, 9.17) is 4.74 Å². The number of aliphatic hydroxyl groups excluding tert-OH is 1. The molecule has 0 saturated heterocycles. The van der Waals surface area contributed by atoms with E-state index in [-0.39, 0.29) is 13.0 Å². The predicted octanol–water partition coefficient (Wildman–Crippen LogP) is 2.57. The molecule has 0 saturated carbocycles. The third-order valence-electron chi connectivity index (χ3n) is 1.99. The summed E-state index contributed by atoms with van der Waals surface area (Å²) in [6, 6.07) is 3.90. The minimum absolute atomic E-state index is 0.141. The molecule has 0 aliphatic rings. The fourth-order valence-corrected chi connectivity index (χ4v) is 1.87. The monoisotopic (exact) mass is 290 g/mol. The summed E-state index contributed by atoms with van der Waals surface area (Å²) < 4.78 is 17.9. The minimum atomic E-state index is -0.992. The van der Waals surface area contributed by atoms with Crippen LogP contribution in [0.25, 0.3) is 0 Å². The van der Waals surface area contributed by atoms with E-state index < -0.39 is 17.9 Å². The van der Waals surface area contributed by atoms with Crippen molar-refractivity contribution in [3.63, 3.8) is 0 Å². The number of aliphatic hydroxyl groups is 1. The Balaban J connectivity index is 2.72. The maximum Gasteiger partial charge on any atom is 0.308 e. The summed E-state index contributed by atoms with van der Waals surface area (Å²) >= 11 is 3.12. The standard InChI is InChI=1S/C11H12BrFO3/c1-2-16-11(15)6-10(14)8-4-3-7(13)5-9(8)12/h3-5,10,14H,2,6H2,1H3. The zero-order chi connectivity index (χ0) is 12.1. The molecule has 16 heavy (non-hydrogen) atoms. The summed E-state index contributed by atoms with van der Waals surface area (Å²) in [5.41, 5.74) is 0.467. The van der Waals surface area contributed by atoms with Gasteiger partial charge in [-0.3, -0.25) is 4.79 Å². The second kappa shape index (κ2) is 5.96. The van der Waals surface area contributed by atoms with E-state index in [2.05, 4.69) is 15.9 Å². The van der Waals surface area contributed by atoms with E-state index in [0.717, 1.165) is 0 Å². The van der Waals surface area contributed by atoms with E-state index in [1.165, 1.54) is 18.2 Å². The number of hydrogen-bond donors (Lipinski definition) is 1. The van der Waals surface area contributed by atoms with Crippen LogP contribution in [0.15, 0.2) is 22.7 Å². The zero-order valence-corrected chi connectivity index (χ0v) is 10.3. The van der Waals surface area contributed by atoms with Crippen LogP contribution >= 0.6 is 15.9 Å². The van der Waals surface area contributed by atoms with Crippen LogP contribution in [0.2, 0.25) is 0 Å². The number of hydrogen-bond acceptors (Lipinski definition) is 3. The number of halogens is 2. The average Bonchev–Trinajstić information content (AvgIpc) is 2.17. The van der Waals surface area contributed by atoms with E-state index in [9.17, 15) is 14.3 Å². The molecule has 0 radical (unpaired) electrons.